The van der Waals surface area contributed by atoms with Crippen molar-refractivity contribution in [3.8, 4) is 11.3 Å². The minimum Gasteiger partial charge on any atom is -0.394 e. The van der Waals surface area contributed by atoms with Crippen LogP contribution in [0.1, 0.15) is 16.7 Å². The van der Waals surface area contributed by atoms with Gasteiger partial charge >= 0.3 is 6.18 Å². The van der Waals surface area contributed by atoms with Crippen molar-refractivity contribution in [3.63, 3.8) is 0 Å². The number of rotatable bonds is 9. The summed E-state index contributed by atoms with van der Waals surface area (Å²) in [4.78, 5) is 0. The molecule has 0 spiro atoms. The van der Waals surface area contributed by atoms with Crippen LogP contribution in [0.25, 0.3) is 22.2 Å². The molecule has 5 aromatic rings. The van der Waals surface area contributed by atoms with E-state index in [9.17, 15) is 32.9 Å². The molecule has 3 aromatic carbocycles. The minimum atomic E-state index is -5.20. The Labute approximate surface area is 231 Å². The smallest absolute Gasteiger partial charge is 0.394 e. The summed E-state index contributed by atoms with van der Waals surface area (Å²) in [5, 5.41) is 48.6. The number of aliphatic hydroxyl groups is 3. The Morgan fingerprint density at radius 3 is 2.44 bits per heavy atom. The summed E-state index contributed by atoms with van der Waals surface area (Å²) >= 11 is 0. The summed E-state index contributed by atoms with van der Waals surface area (Å²) in [7, 11) is 0. The van der Waals surface area contributed by atoms with Crippen LogP contribution >= 0.6 is 0 Å². The Balaban J connectivity index is 1.67. The first-order chi connectivity index (χ1) is 19.5. The van der Waals surface area contributed by atoms with Gasteiger partial charge in [-0.2, -0.15) is 18.3 Å². The van der Waals surface area contributed by atoms with E-state index in [0.717, 1.165) is 24.5 Å². The van der Waals surface area contributed by atoms with Crippen molar-refractivity contribution in [2.75, 3.05) is 11.9 Å². The van der Waals surface area contributed by atoms with Gasteiger partial charge < -0.3 is 30.6 Å². The van der Waals surface area contributed by atoms with Crippen molar-refractivity contribution >= 4 is 28.5 Å². The first kappa shape index (κ1) is 28.0. The molecule has 212 valence electrons. The number of anilines is 2. The lowest BCUT2D eigenvalue weighted by atomic mass is 9.84. The average molecular weight is 568 g/mol. The Morgan fingerprint density at radius 1 is 1.05 bits per heavy atom. The van der Waals surface area contributed by atoms with Gasteiger partial charge in [-0.05, 0) is 54.1 Å². The van der Waals surface area contributed by atoms with Crippen molar-refractivity contribution in [1.29, 1.82) is 5.41 Å². The first-order valence-electron chi connectivity index (χ1n) is 12.4. The van der Waals surface area contributed by atoms with E-state index >= 15 is 0 Å². The van der Waals surface area contributed by atoms with Gasteiger partial charge in [-0.3, -0.25) is 5.10 Å². The highest BCUT2D eigenvalue weighted by atomic mass is 19.4. The van der Waals surface area contributed by atoms with E-state index in [0.29, 0.717) is 16.9 Å². The third kappa shape index (κ3) is 5.20. The molecule has 41 heavy (non-hydrogen) atoms. The molecule has 0 amide bonds. The summed E-state index contributed by atoms with van der Waals surface area (Å²) in [6, 6.07) is 15.1. The molecule has 6 N–H and O–H groups in total. The number of aromatic nitrogens is 3. The van der Waals surface area contributed by atoms with Gasteiger partial charge in [0, 0.05) is 57.6 Å². The van der Waals surface area contributed by atoms with Crippen molar-refractivity contribution in [1.82, 2.24) is 14.8 Å². The fourth-order valence-electron chi connectivity index (χ4n) is 4.78. The highest BCUT2D eigenvalue weighted by Gasteiger charge is 2.57. The number of aliphatic hydroxyl groups excluding tert-OH is 2. The van der Waals surface area contributed by atoms with Crippen LogP contribution in [0.15, 0.2) is 79.1 Å². The summed E-state index contributed by atoms with van der Waals surface area (Å²) < 4.78 is 59.3. The number of H-pyrrole nitrogens is 1. The SMILES string of the molecule is N=Cc1cc(C(O)(c2cn(CC(O)CO)c3cc(-c4ccn[nH]4)ccc23)C(F)(F)F)ccc1Nc1ccc(F)cc1. The number of hydrogen-bond acceptors (Lipinski definition) is 6. The molecule has 0 fully saturated rings. The zero-order chi connectivity index (χ0) is 29.4. The molecule has 2 heterocycles. The predicted molar refractivity (Wildman–Crippen MR) is 146 cm³/mol. The molecule has 0 aliphatic heterocycles. The zero-order valence-corrected chi connectivity index (χ0v) is 21.3. The van der Waals surface area contributed by atoms with E-state index < -0.39 is 41.4 Å². The summed E-state index contributed by atoms with van der Waals surface area (Å²) in [6.07, 6.45) is -2.98. The second-order valence-electron chi connectivity index (χ2n) is 9.52. The molecule has 0 bridgehead atoms. The molecule has 0 aliphatic rings. The van der Waals surface area contributed by atoms with E-state index in [4.69, 9.17) is 5.41 Å². The molecule has 0 saturated heterocycles. The van der Waals surface area contributed by atoms with Crippen molar-refractivity contribution in [2.24, 2.45) is 0 Å². The lowest BCUT2D eigenvalue weighted by molar-refractivity contribution is -0.247. The van der Waals surface area contributed by atoms with Gasteiger partial charge in [-0.25, -0.2) is 4.39 Å². The van der Waals surface area contributed by atoms with Gasteiger partial charge in [0.25, 0.3) is 0 Å². The maximum absolute atomic E-state index is 14.9. The fourth-order valence-corrected chi connectivity index (χ4v) is 4.78. The second-order valence-corrected chi connectivity index (χ2v) is 9.52. The first-order valence-corrected chi connectivity index (χ1v) is 12.4. The quantitative estimate of drug-likeness (QED) is 0.110. The molecule has 2 aromatic heterocycles. The lowest BCUT2D eigenvalue weighted by Gasteiger charge is -2.31. The summed E-state index contributed by atoms with van der Waals surface area (Å²) in [6.45, 7) is -0.858. The standard InChI is InChI=1S/C29H25F4N5O3/c30-20-3-5-21(6-4-20)36-25-8-2-19(11-18(25)13-34)28(41,29(31,32)33)24-15-38(14-22(40)16-39)27-12-17(1-7-23(24)27)26-9-10-35-37-26/h1-13,15,22,34,36,39-41H,14,16H2,(H,35,37). The third-order valence-electron chi connectivity index (χ3n) is 6.86. The van der Waals surface area contributed by atoms with Crippen molar-refractivity contribution in [2.45, 2.75) is 24.4 Å². The number of aromatic amines is 1. The number of hydrogen-bond donors (Lipinski definition) is 6. The molecular weight excluding hydrogens is 542 g/mol. The normalized spacial score (nSPS) is 14.1. The fraction of sp³-hybridized carbons (Fsp3) is 0.172. The van der Waals surface area contributed by atoms with Crippen molar-refractivity contribution < 1.29 is 32.9 Å². The Morgan fingerprint density at radius 2 is 1.80 bits per heavy atom. The Kier molecular flexibility index (Phi) is 7.39. The van der Waals surface area contributed by atoms with Crippen LogP contribution < -0.4 is 5.32 Å². The second kappa shape index (κ2) is 10.8. The number of halogens is 4. The van der Waals surface area contributed by atoms with Gasteiger partial charge in [0.05, 0.1) is 24.9 Å². The Hall–Kier alpha value is -4.52. The minimum absolute atomic E-state index is 0.0514. The highest BCUT2D eigenvalue weighted by molar-refractivity contribution is 5.90. The van der Waals surface area contributed by atoms with Crippen LogP contribution in [0.4, 0.5) is 28.9 Å². The molecule has 0 saturated carbocycles. The monoisotopic (exact) mass is 567 g/mol. The molecule has 0 aliphatic carbocycles. The van der Waals surface area contributed by atoms with E-state index in [1.54, 1.807) is 18.2 Å². The van der Waals surface area contributed by atoms with E-state index in [1.165, 1.54) is 47.2 Å². The van der Waals surface area contributed by atoms with Crippen LogP contribution in [0, 0.1) is 11.2 Å². The molecular formula is C29H25F4N5O3. The number of nitrogens with one attached hydrogen (secondary N) is 3. The summed E-state index contributed by atoms with van der Waals surface area (Å²) in [5.41, 5.74) is -2.26. The van der Waals surface area contributed by atoms with E-state index in [-0.39, 0.29) is 28.7 Å². The maximum Gasteiger partial charge on any atom is 0.425 e. The van der Waals surface area contributed by atoms with Crippen LogP contribution in [0.5, 0.6) is 0 Å². The maximum atomic E-state index is 14.9. The molecule has 5 rings (SSSR count). The molecule has 0 radical (unpaired) electrons. The van der Waals surface area contributed by atoms with E-state index in [2.05, 4.69) is 15.5 Å². The number of nitrogens with zero attached hydrogens (tertiary/aromatic N) is 2. The third-order valence-corrected chi connectivity index (χ3v) is 6.86. The lowest BCUT2D eigenvalue weighted by Crippen LogP contribution is -2.43. The predicted octanol–water partition coefficient (Wildman–Crippen LogP) is 5.06. The van der Waals surface area contributed by atoms with E-state index in [1.807, 2.05) is 0 Å². The zero-order valence-electron chi connectivity index (χ0n) is 21.3. The van der Waals surface area contributed by atoms with Crippen LogP contribution in [0.3, 0.4) is 0 Å². The van der Waals surface area contributed by atoms with Gasteiger partial charge in [0.1, 0.15) is 5.82 Å². The van der Waals surface area contributed by atoms with Crippen LogP contribution in [-0.2, 0) is 12.1 Å². The number of fused-ring (bicyclic) bond motifs is 1. The number of alkyl halides is 3. The molecule has 12 heteroatoms. The molecule has 2 atom stereocenters. The van der Waals surface area contributed by atoms with Crippen LogP contribution in [0.2, 0.25) is 0 Å². The average Bonchev–Trinajstić information content (AvgIpc) is 3.62. The van der Waals surface area contributed by atoms with Gasteiger partial charge in [-0.1, -0.05) is 18.2 Å². The van der Waals surface area contributed by atoms with Gasteiger partial charge in [-0.15, -0.1) is 0 Å². The summed E-state index contributed by atoms with van der Waals surface area (Å²) in [5.74, 6) is -0.462. The largest absolute Gasteiger partial charge is 0.425 e. The molecule has 2 unspecified atom stereocenters. The van der Waals surface area contributed by atoms with Crippen molar-refractivity contribution in [3.05, 3.63) is 102 Å². The molecule has 8 nitrogen and oxygen atoms in total. The van der Waals surface area contributed by atoms with Gasteiger partial charge in [0.15, 0.2) is 0 Å². The Bertz CT molecular complexity index is 1680. The topological polar surface area (TPSA) is 130 Å². The van der Waals surface area contributed by atoms with Crippen LogP contribution in [-0.4, -0.2) is 55.2 Å². The van der Waals surface area contributed by atoms with Gasteiger partial charge in [0.2, 0.25) is 5.60 Å². The highest BCUT2D eigenvalue weighted by Crippen LogP contribution is 2.48. The number of benzene rings is 3.